The molecule has 0 radical (unpaired) electrons. The Morgan fingerprint density at radius 1 is 1.21 bits per heavy atom. The van der Waals surface area contributed by atoms with Crippen molar-refractivity contribution in [2.75, 3.05) is 37.7 Å². The molecule has 1 aliphatic carbocycles. The quantitative estimate of drug-likeness (QED) is 0.841. The van der Waals surface area contributed by atoms with Gasteiger partial charge in [0.15, 0.2) is 0 Å². The molecule has 4 rings (SSSR count). The topological polar surface area (TPSA) is 58.6 Å². The number of carbonyl (C=O) groups is 1. The van der Waals surface area contributed by atoms with Crippen molar-refractivity contribution in [1.29, 1.82) is 0 Å². The van der Waals surface area contributed by atoms with E-state index in [0.29, 0.717) is 24.3 Å². The zero-order valence-corrected chi connectivity index (χ0v) is 14.4. The molecule has 24 heavy (non-hydrogen) atoms. The molecule has 3 aliphatic rings. The number of carbonyl (C=O) groups excluding carboxylic acids is 1. The highest BCUT2D eigenvalue weighted by atomic mass is 16.5. The van der Waals surface area contributed by atoms with Crippen LogP contribution >= 0.6 is 0 Å². The zero-order chi connectivity index (χ0) is 16.5. The maximum atomic E-state index is 12.3. The third-order valence-electron chi connectivity index (χ3n) is 5.46. The largest absolute Gasteiger partial charge is 0.374 e. The summed E-state index contributed by atoms with van der Waals surface area (Å²) in [6.45, 7) is 6.13. The van der Waals surface area contributed by atoms with Crippen LogP contribution in [0.15, 0.2) is 12.4 Å². The predicted molar refractivity (Wildman–Crippen MR) is 90.8 cm³/mol. The molecule has 1 aromatic rings. The summed E-state index contributed by atoms with van der Waals surface area (Å²) in [5, 5.41) is 0. The van der Waals surface area contributed by atoms with E-state index in [1.54, 1.807) is 0 Å². The summed E-state index contributed by atoms with van der Waals surface area (Å²) < 4.78 is 6.09. The smallest absolute Gasteiger partial charge is 0.225 e. The number of piperidine rings is 1. The van der Waals surface area contributed by atoms with Gasteiger partial charge in [-0.1, -0.05) is 6.92 Å². The number of ether oxygens (including phenoxy) is 1. The fourth-order valence-electron chi connectivity index (χ4n) is 3.72. The lowest BCUT2D eigenvalue weighted by Crippen LogP contribution is -2.49. The lowest BCUT2D eigenvalue weighted by Gasteiger charge is -2.38. The highest BCUT2D eigenvalue weighted by Crippen LogP contribution is 2.33. The molecule has 0 N–H and O–H groups in total. The monoisotopic (exact) mass is 330 g/mol. The van der Waals surface area contributed by atoms with E-state index in [-0.39, 0.29) is 6.10 Å². The SMILES string of the molecule is CCc1cnc(N2CCO[C@@H]3CN(C(=O)C4CC4)CC[C@@H]3C2)nc1. The Kier molecular flexibility index (Phi) is 4.39. The first-order valence-electron chi connectivity index (χ1n) is 9.21. The lowest BCUT2D eigenvalue weighted by atomic mass is 9.93. The molecule has 6 nitrogen and oxygen atoms in total. The molecule has 130 valence electrons. The minimum absolute atomic E-state index is 0.154. The summed E-state index contributed by atoms with van der Waals surface area (Å²) >= 11 is 0. The standard InChI is InChI=1S/C18H26N4O2/c1-2-13-9-19-18(20-10-13)22-7-8-24-16-12-21(6-5-15(16)11-22)17(23)14-3-4-14/h9-10,14-16H,2-8,11-12H2,1H3/t15-,16-/m1/s1. The van der Waals surface area contributed by atoms with Gasteiger partial charge in [-0.3, -0.25) is 4.79 Å². The number of nitrogens with zero attached hydrogens (tertiary/aromatic N) is 4. The Morgan fingerprint density at radius 3 is 2.71 bits per heavy atom. The summed E-state index contributed by atoms with van der Waals surface area (Å²) in [6, 6.07) is 0. The van der Waals surface area contributed by atoms with Crippen LogP contribution in [-0.2, 0) is 16.0 Å². The first kappa shape index (κ1) is 15.8. The van der Waals surface area contributed by atoms with Crippen LogP contribution in [0.1, 0.15) is 31.7 Å². The van der Waals surface area contributed by atoms with Crippen LogP contribution in [0, 0.1) is 11.8 Å². The van der Waals surface area contributed by atoms with Crippen molar-refractivity contribution in [3.8, 4) is 0 Å². The van der Waals surface area contributed by atoms with E-state index in [2.05, 4.69) is 21.8 Å². The van der Waals surface area contributed by atoms with Crippen LogP contribution in [0.2, 0.25) is 0 Å². The first-order valence-corrected chi connectivity index (χ1v) is 9.21. The summed E-state index contributed by atoms with van der Waals surface area (Å²) in [7, 11) is 0. The van der Waals surface area contributed by atoms with Gasteiger partial charge in [-0.15, -0.1) is 0 Å². The van der Waals surface area contributed by atoms with Crippen LogP contribution in [0.3, 0.4) is 0 Å². The minimum atomic E-state index is 0.154. The number of fused-ring (bicyclic) bond motifs is 1. The molecule has 1 aromatic heterocycles. The molecule has 2 aliphatic heterocycles. The van der Waals surface area contributed by atoms with Gasteiger partial charge in [0.2, 0.25) is 11.9 Å². The van der Waals surface area contributed by atoms with Crippen LogP contribution in [0.4, 0.5) is 5.95 Å². The van der Waals surface area contributed by atoms with Gasteiger partial charge in [-0.05, 0) is 31.2 Å². The van der Waals surface area contributed by atoms with Crippen molar-refractivity contribution in [1.82, 2.24) is 14.9 Å². The van der Waals surface area contributed by atoms with E-state index in [4.69, 9.17) is 4.74 Å². The Bertz CT molecular complexity index is 587. The van der Waals surface area contributed by atoms with Crippen LogP contribution in [0.5, 0.6) is 0 Å². The van der Waals surface area contributed by atoms with Crippen LogP contribution in [-0.4, -0.2) is 59.7 Å². The van der Waals surface area contributed by atoms with Gasteiger partial charge >= 0.3 is 0 Å². The van der Waals surface area contributed by atoms with Crippen molar-refractivity contribution < 1.29 is 9.53 Å². The minimum Gasteiger partial charge on any atom is -0.374 e. The molecule has 0 bridgehead atoms. The van der Waals surface area contributed by atoms with Gasteiger partial charge in [0.25, 0.3) is 0 Å². The van der Waals surface area contributed by atoms with E-state index in [9.17, 15) is 4.79 Å². The number of rotatable bonds is 3. The predicted octanol–water partition coefficient (Wildman–Crippen LogP) is 1.50. The molecular weight excluding hydrogens is 304 g/mol. The van der Waals surface area contributed by atoms with Gasteiger partial charge in [-0.2, -0.15) is 0 Å². The maximum Gasteiger partial charge on any atom is 0.225 e. The highest BCUT2D eigenvalue weighted by Gasteiger charge is 2.39. The van der Waals surface area contributed by atoms with E-state index >= 15 is 0 Å². The summed E-state index contributed by atoms with van der Waals surface area (Å²) in [5.41, 5.74) is 1.16. The number of aromatic nitrogens is 2. The number of amides is 1. The Labute approximate surface area is 143 Å². The molecule has 2 saturated heterocycles. The van der Waals surface area contributed by atoms with Gasteiger partial charge < -0.3 is 14.5 Å². The number of hydrogen-bond donors (Lipinski definition) is 0. The molecule has 0 aromatic carbocycles. The summed E-state index contributed by atoms with van der Waals surface area (Å²) in [5.74, 6) is 1.89. The number of hydrogen-bond acceptors (Lipinski definition) is 5. The second kappa shape index (κ2) is 6.67. The zero-order valence-electron chi connectivity index (χ0n) is 14.4. The molecule has 1 amide bonds. The van der Waals surface area contributed by atoms with Gasteiger partial charge in [0.1, 0.15) is 0 Å². The van der Waals surface area contributed by atoms with E-state index in [1.165, 1.54) is 0 Å². The maximum absolute atomic E-state index is 12.3. The van der Waals surface area contributed by atoms with E-state index < -0.39 is 0 Å². The third-order valence-corrected chi connectivity index (χ3v) is 5.46. The molecule has 1 saturated carbocycles. The fourth-order valence-corrected chi connectivity index (χ4v) is 3.72. The van der Waals surface area contributed by atoms with Crippen LogP contribution in [0.25, 0.3) is 0 Å². The average molecular weight is 330 g/mol. The van der Waals surface area contributed by atoms with Crippen molar-refractivity contribution in [3.05, 3.63) is 18.0 Å². The summed E-state index contributed by atoms with van der Waals surface area (Å²) in [6.07, 6.45) is 8.10. The van der Waals surface area contributed by atoms with Crippen molar-refractivity contribution in [3.63, 3.8) is 0 Å². The Balaban J connectivity index is 1.41. The fraction of sp³-hybridized carbons (Fsp3) is 0.722. The highest BCUT2D eigenvalue weighted by molar-refractivity contribution is 5.81. The Hall–Kier alpha value is -1.69. The number of aryl methyl sites for hydroxylation is 1. The van der Waals surface area contributed by atoms with Crippen molar-refractivity contribution in [2.24, 2.45) is 11.8 Å². The summed E-state index contributed by atoms with van der Waals surface area (Å²) in [4.78, 5) is 25.6. The molecule has 0 spiro atoms. The molecule has 3 heterocycles. The van der Waals surface area contributed by atoms with Crippen molar-refractivity contribution >= 4 is 11.9 Å². The van der Waals surface area contributed by atoms with E-state index in [1.807, 2.05) is 17.3 Å². The molecule has 2 atom stereocenters. The van der Waals surface area contributed by atoms with Gasteiger partial charge in [-0.25, -0.2) is 9.97 Å². The molecule has 0 unspecified atom stereocenters. The van der Waals surface area contributed by atoms with E-state index in [0.717, 1.165) is 63.4 Å². The second-order valence-corrected chi connectivity index (χ2v) is 7.21. The Morgan fingerprint density at radius 2 is 2.00 bits per heavy atom. The second-order valence-electron chi connectivity index (χ2n) is 7.21. The third kappa shape index (κ3) is 3.24. The van der Waals surface area contributed by atoms with Gasteiger partial charge in [0.05, 0.1) is 12.7 Å². The van der Waals surface area contributed by atoms with Crippen molar-refractivity contribution in [2.45, 2.75) is 38.7 Å². The molecule has 6 heteroatoms. The van der Waals surface area contributed by atoms with Gasteiger partial charge in [0, 0.05) is 50.4 Å². The molecular formula is C18H26N4O2. The average Bonchev–Trinajstić information content (AvgIpc) is 3.47. The normalized spacial score (nSPS) is 27.5. The first-order chi connectivity index (χ1) is 11.7. The molecule has 3 fully saturated rings. The lowest BCUT2D eigenvalue weighted by molar-refractivity contribution is -0.138. The van der Waals surface area contributed by atoms with Crippen LogP contribution < -0.4 is 4.90 Å². The number of anilines is 1. The number of likely N-dealkylation sites (tertiary alicyclic amines) is 1.